The van der Waals surface area contributed by atoms with Crippen molar-refractivity contribution in [2.24, 2.45) is 0 Å². The summed E-state index contributed by atoms with van der Waals surface area (Å²) in [7, 11) is 1.60. The monoisotopic (exact) mass is 295 g/mol. The van der Waals surface area contributed by atoms with Gasteiger partial charge >= 0.3 is 6.03 Å². The summed E-state index contributed by atoms with van der Waals surface area (Å²) in [6, 6.07) is 3.55. The van der Waals surface area contributed by atoms with Crippen molar-refractivity contribution in [2.75, 3.05) is 13.6 Å². The lowest BCUT2D eigenvalue weighted by atomic mass is 10.2. The third-order valence-electron chi connectivity index (χ3n) is 3.59. The minimum atomic E-state index is -0.336. The van der Waals surface area contributed by atoms with E-state index in [0.717, 1.165) is 17.7 Å². The third-order valence-corrected chi connectivity index (χ3v) is 4.77. The van der Waals surface area contributed by atoms with E-state index in [1.807, 2.05) is 26.0 Å². The van der Waals surface area contributed by atoms with Crippen LogP contribution in [-0.2, 0) is 4.79 Å². The van der Waals surface area contributed by atoms with E-state index in [4.69, 9.17) is 0 Å². The molecular weight excluding hydrogens is 274 g/mol. The van der Waals surface area contributed by atoms with Crippen molar-refractivity contribution in [3.05, 3.63) is 21.9 Å². The maximum Gasteiger partial charge on any atom is 0.318 e. The van der Waals surface area contributed by atoms with Gasteiger partial charge < -0.3 is 15.5 Å². The molecule has 0 saturated carbocycles. The molecule has 2 N–H and O–H groups in total. The topological polar surface area (TPSA) is 61.4 Å². The predicted octanol–water partition coefficient (Wildman–Crippen LogP) is 2.04. The summed E-state index contributed by atoms with van der Waals surface area (Å²) in [5.41, 5.74) is 0. The Kier molecular flexibility index (Phi) is 4.65. The normalized spacial score (nSPS) is 19.8. The quantitative estimate of drug-likeness (QED) is 0.896. The summed E-state index contributed by atoms with van der Waals surface area (Å²) in [6.45, 7) is 4.65. The van der Waals surface area contributed by atoms with E-state index in [0.29, 0.717) is 6.54 Å². The molecule has 1 fully saturated rings. The van der Waals surface area contributed by atoms with Gasteiger partial charge in [-0.3, -0.25) is 4.79 Å². The van der Waals surface area contributed by atoms with Gasteiger partial charge in [0.15, 0.2) is 0 Å². The zero-order valence-electron chi connectivity index (χ0n) is 12.1. The predicted molar refractivity (Wildman–Crippen MR) is 79.8 cm³/mol. The highest BCUT2D eigenvalue weighted by atomic mass is 32.1. The number of urea groups is 1. The van der Waals surface area contributed by atoms with Gasteiger partial charge in [-0.25, -0.2) is 4.79 Å². The number of carbonyl (C=O) groups is 2. The number of nitrogens with zero attached hydrogens (tertiary/aromatic N) is 1. The average molecular weight is 295 g/mol. The lowest BCUT2D eigenvalue weighted by Gasteiger charge is -2.25. The molecule has 5 nitrogen and oxygen atoms in total. The average Bonchev–Trinajstić information content (AvgIpc) is 3.06. The first-order valence-electron chi connectivity index (χ1n) is 6.88. The molecule has 0 spiro atoms. The van der Waals surface area contributed by atoms with Gasteiger partial charge in [-0.05, 0) is 38.8 Å². The molecular formula is C14H21N3O2S. The SMILES string of the molecule is CNC(=O)[C@H]1CCCN1C(=O)N[C@@H](C)c1ccc(C)s1. The van der Waals surface area contributed by atoms with Crippen molar-refractivity contribution in [3.63, 3.8) is 0 Å². The first-order valence-corrected chi connectivity index (χ1v) is 7.69. The van der Waals surface area contributed by atoms with Crippen molar-refractivity contribution in [2.45, 2.75) is 38.8 Å². The molecule has 1 aromatic rings. The van der Waals surface area contributed by atoms with E-state index in [2.05, 4.69) is 10.6 Å². The number of likely N-dealkylation sites (N-methyl/N-ethyl adjacent to an activating group) is 1. The molecule has 2 rings (SSSR count). The molecule has 0 bridgehead atoms. The second-order valence-electron chi connectivity index (χ2n) is 5.09. The Morgan fingerprint density at radius 3 is 2.80 bits per heavy atom. The largest absolute Gasteiger partial charge is 0.357 e. The van der Waals surface area contributed by atoms with Gasteiger partial charge in [0.1, 0.15) is 6.04 Å². The Hall–Kier alpha value is -1.56. The van der Waals surface area contributed by atoms with Crippen LogP contribution in [0.25, 0.3) is 0 Å². The van der Waals surface area contributed by atoms with Gasteiger partial charge in [-0.15, -0.1) is 11.3 Å². The number of thiophene rings is 1. The maximum atomic E-state index is 12.3. The minimum Gasteiger partial charge on any atom is -0.357 e. The van der Waals surface area contributed by atoms with Crippen molar-refractivity contribution in [1.29, 1.82) is 0 Å². The fourth-order valence-corrected chi connectivity index (χ4v) is 3.35. The van der Waals surface area contributed by atoms with Crippen LogP contribution in [0.2, 0.25) is 0 Å². The highest BCUT2D eigenvalue weighted by Gasteiger charge is 2.34. The van der Waals surface area contributed by atoms with Crippen LogP contribution in [0.15, 0.2) is 12.1 Å². The molecule has 110 valence electrons. The number of nitrogens with one attached hydrogen (secondary N) is 2. The fraction of sp³-hybridized carbons (Fsp3) is 0.571. The van der Waals surface area contributed by atoms with Crippen LogP contribution in [-0.4, -0.2) is 36.5 Å². The summed E-state index contributed by atoms with van der Waals surface area (Å²) in [5, 5.41) is 5.60. The Morgan fingerprint density at radius 2 is 2.20 bits per heavy atom. The van der Waals surface area contributed by atoms with Crippen LogP contribution in [0.1, 0.15) is 35.6 Å². The third kappa shape index (κ3) is 3.12. The number of hydrogen-bond donors (Lipinski definition) is 2. The van der Waals surface area contributed by atoms with Crippen molar-refractivity contribution >= 4 is 23.3 Å². The highest BCUT2D eigenvalue weighted by molar-refractivity contribution is 7.12. The highest BCUT2D eigenvalue weighted by Crippen LogP contribution is 2.23. The van der Waals surface area contributed by atoms with Crippen LogP contribution < -0.4 is 10.6 Å². The minimum absolute atomic E-state index is 0.0351. The summed E-state index contributed by atoms with van der Waals surface area (Å²) >= 11 is 1.68. The lowest BCUT2D eigenvalue weighted by molar-refractivity contribution is -0.124. The van der Waals surface area contributed by atoms with Crippen LogP contribution in [0.4, 0.5) is 4.79 Å². The zero-order valence-corrected chi connectivity index (χ0v) is 12.9. The molecule has 6 heteroatoms. The van der Waals surface area contributed by atoms with Gasteiger partial charge in [-0.1, -0.05) is 0 Å². The first-order chi connectivity index (χ1) is 9.52. The Balaban J connectivity index is 1.99. The molecule has 0 aliphatic carbocycles. The molecule has 1 aliphatic rings. The zero-order chi connectivity index (χ0) is 14.7. The molecule has 1 saturated heterocycles. The summed E-state index contributed by atoms with van der Waals surface area (Å²) in [5.74, 6) is -0.0859. The molecule has 20 heavy (non-hydrogen) atoms. The van der Waals surface area contributed by atoms with Crippen LogP contribution in [0, 0.1) is 6.92 Å². The van der Waals surface area contributed by atoms with Gasteiger partial charge in [0, 0.05) is 23.3 Å². The molecule has 3 amide bonds. The number of carbonyl (C=O) groups excluding carboxylic acids is 2. The standard InChI is InChI=1S/C14H21N3O2S/c1-9-6-7-12(20-9)10(2)16-14(19)17-8-4-5-11(17)13(18)15-3/h6-7,10-11H,4-5,8H2,1-3H3,(H,15,18)(H,16,19)/t10-,11+/m0/s1. The van der Waals surface area contributed by atoms with Gasteiger partial charge in [0.05, 0.1) is 6.04 Å². The van der Waals surface area contributed by atoms with Crippen molar-refractivity contribution in [1.82, 2.24) is 15.5 Å². The van der Waals surface area contributed by atoms with E-state index < -0.39 is 0 Å². The molecule has 1 aliphatic heterocycles. The second kappa shape index (κ2) is 6.26. The first kappa shape index (κ1) is 14.8. The van der Waals surface area contributed by atoms with E-state index in [-0.39, 0.29) is 24.0 Å². The Morgan fingerprint density at radius 1 is 1.45 bits per heavy atom. The molecule has 2 atom stereocenters. The molecule has 0 unspecified atom stereocenters. The van der Waals surface area contributed by atoms with E-state index in [1.54, 1.807) is 23.3 Å². The molecule has 0 radical (unpaired) electrons. The number of rotatable bonds is 3. The fourth-order valence-electron chi connectivity index (χ4n) is 2.47. The molecule has 2 heterocycles. The van der Waals surface area contributed by atoms with Gasteiger partial charge in [-0.2, -0.15) is 0 Å². The van der Waals surface area contributed by atoms with E-state index in [1.165, 1.54) is 4.88 Å². The van der Waals surface area contributed by atoms with Crippen LogP contribution in [0.3, 0.4) is 0 Å². The smallest absolute Gasteiger partial charge is 0.318 e. The summed E-state index contributed by atoms with van der Waals surface area (Å²) in [4.78, 5) is 28.1. The van der Waals surface area contributed by atoms with Gasteiger partial charge in [0.2, 0.25) is 5.91 Å². The Bertz CT molecular complexity index is 500. The number of hydrogen-bond acceptors (Lipinski definition) is 3. The van der Waals surface area contributed by atoms with Crippen LogP contribution >= 0.6 is 11.3 Å². The van der Waals surface area contributed by atoms with E-state index >= 15 is 0 Å². The second-order valence-corrected chi connectivity index (χ2v) is 6.40. The molecule has 0 aromatic carbocycles. The number of amides is 3. The van der Waals surface area contributed by atoms with Gasteiger partial charge in [0.25, 0.3) is 0 Å². The number of likely N-dealkylation sites (tertiary alicyclic amines) is 1. The molecule has 1 aromatic heterocycles. The Labute approximate surface area is 123 Å². The van der Waals surface area contributed by atoms with Crippen molar-refractivity contribution in [3.8, 4) is 0 Å². The van der Waals surface area contributed by atoms with Crippen LogP contribution in [0.5, 0.6) is 0 Å². The number of aryl methyl sites for hydroxylation is 1. The lowest BCUT2D eigenvalue weighted by Crippen LogP contribution is -2.49. The maximum absolute atomic E-state index is 12.3. The van der Waals surface area contributed by atoms with E-state index in [9.17, 15) is 9.59 Å². The summed E-state index contributed by atoms with van der Waals surface area (Å²) in [6.07, 6.45) is 1.61. The summed E-state index contributed by atoms with van der Waals surface area (Å²) < 4.78 is 0. The van der Waals surface area contributed by atoms with Crippen molar-refractivity contribution < 1.29 is 9.59 Å².